The molecular formula is C10H14O2. The van der Waals surface area contributed by atoms with Gasteiger partial charge in [0, 0.05) is 5.92 Å². The summed E-state index contributed by atoms with van der Waals surface area (Å²) in [6.45, 7) is 5.71. The Morgan fingerprint density at radius 3 is 2.58 bits per heavy atom. The molecule has 0 aromatic rings. The van der Waals surface area contributed by atoms with Crippen LogP contribution in [0, 0.1) is 17.8 Å². The molecule has 1 unspecified atom stereocenters. The average Bonchev–Trinajstić information content (AvgIpc) is 2.45. The first-order valence-corrected chi connectivity index (χ1v) is 4.30. The van der Waals surface area contributed by atoms with Crippen molar-refractivity contribution in [3.8, 4) is 0 Å². The highest BCUT2D eigenvalue weighted by Gasteiger charge is 2.34. The van der Waals surface area contributed by atoms with Gasteiger partial charge >= 0.3 is 0 Å². The highest BCUT2D eigenvalue weighted by atomic mass is 16.1. The van der Waals surface area contributed by atoms with Crippen LogP contribution in [0.3, 0.4) is 0 Å². The summed E-state index contributed by atoms with van der Waals surface area (Å²) < 4.78 is 0. The molecule has 1 aliphatic rings. The third-order valence-corrected chi connectivity index (χ3v) is 2.84. The molecule has 12 heavy (non-hydrogen) atoms. The molecular weight excluding hydrogens is 152 g/mol. The van der Waals surface area contributed by atoms with Gasteiger partial charge < -0.3 is 4.79 Å². The third-order valence-electron chi connectivity index (χ3n) is 2.84. The SMILES string of the molecule is C=C(C=O)[C@H]1CCC(C)[C@@H]1C=O. The van der Waals surface area contributed by atoms with Crippen LogP contribution < -0.4 is 0 Å². The van der Waals surface area contributed by atoms with Gasteiger partial charge in [0.05, 0.1) is 0 Å². The van der Waals surface area contributed by atoms with Crippen LogP contribution >= 0.6 is 0 Å². The van der Waals surface area contributed by atoms with Crippen molar-refractivity contribution < 1.29 is 9.59 Å². The van der Waals surface area contributed by atoms with E-state index in [9.17, 15) is 9.59 Å². The van der Waals surface area contributed by atoms with Crippen molar-refractivity contribution in [3.05, 3.63) is 12.2 Å². The van der Waals surface area contributed by atoms with E-state index in [0.717, 1.165) is 25.4 Å². The number of carbonyl (C=O) groups excluding carboxylic acids is 2. The maximum Gasteiger partial charge on any atom is 0.145 e. The van der Waals surface area contributed by atoms with Gasteiger partial charge in [-0.1, -0.05) is 13.5 Å². The minimum absolute atomic E-state index is 0.0164. The van der Waals surface area contributed by atoms with E-state index >= 15 is 0 Å². The standard InChI is InChI=1S/C10H14O2/c1-7-3-4-9(8(2)5-11)10(7)6-12/h5-7,9-10H,2-4H2,1H3/t7?,9-,10+/m1/s1. The van der Waals surface area contributed by atoms with Gasteiger partial charge in [0.15, 0.2) is 0 Å². The van der Waals surface area contributed by atoms with E-state index in [1.807, 2.05) is 0 Å². The molecule has 0 bridgehead atoms. The Balaban J connectivity index is 2.72. The van der Waals surface area contributed by atoms with E-state index in [2.05, 4.69) is 13.5 Å². The Kier molecular flexibility index (Phi) is 2.79. The molecule has 0 N–H and O–H groups in total. The molecule has 0 aliphatic heterocycles. The van der Waals surface area contributed by atoms with Crippen molar-refractivity contribution in [1.29, 1.82) is 0 Å². The summed E-state index contributed by atoms with van der Waals surface area (Å²) in [6, 6.07) is 0. The first-order valence-electron chi connectivity index (χ1n) is 4.30. The van der Waals surface area contributed by atoms with E-state index in [1.54, 1.807) is 0 Å². The van der Waals surface area contributed by atoms with Crippen molar-refractivity contribution in [1.82, 2.24) is 0 Å². The highest BCUT2D eigenvalue weighted by Crippen LogP contribution is 2.38. The van der Waals surface area contributed by atoms with Crippen molar-refractivity contribution in [2.24, 2.45) is 17.8 Å². The molecule has 1 saturated carbocycles. The lowest BCUT2D eigenvalue weighted by Gasteiger charge is -2.15. The monoisotopic (exact) mass is 166 g/mol. The summed E-state index contributed by atoms with van der Waals surface area (Å²) in [5.41, 5.74) is 0.580. The fourth-order valence-electron chi connectivity index (χ4n) is 1.97. The van der Waals surface area contributed by atoms with Crippen LogP contribution in [0.25, 0.3) is 0 Å². The summed E-state index contributed by atoms with van der Waals surface area (Å²) in [7, 11) is 0. The van der Waals surface area contributed by atoms with Gasteiger partial charge in [-0.05, 0) is 30.3 Å². The summed E-state index contributed by atoms with van der Waals surface area (Å²) in [4.78, 5) is 21.1. The van der Waals surface area contributed by atoms with Crippen molar-refractivity contribution in [2.45, 2.75) is 19.8 Å². The lowest BCUT2D eigenvalue weighted by molar-refractivity contribution is -0.112. The van der Waals surface area contributed by atoms with Crippen LogP contribution in [0.1, 0.15) is 19.8 Å². The predicted molar refractivity (Wildman–Crippen MR) is 46.6 cm³/mol. The largest absolute Gasteiger partial charge is 0.303 e. The Bertz CT molecular complexity index is 208. The fraction of sp³-hybridized carbons (Fsp3) is 0.600. The zero-order valence-corrected chi connectivity index (χ0v) is 7.32. The van der Waals surface area contributed by atoms with Crippen LogP contribution in [-0.4, -0.2) is 12.6 Å². The molecule has 3 atom stereocenters. The minimum Gasteiger partial charge on any atom is -0.303 e. The normalized spacial score (nSPS) is 34.6. The quantitative estimate of drug-likeness (QED) is 0.471. The van der Waals surface area contributed by atoms with Gasteiger partial charge in [0.25, 0.3) is 0 Å². The summed E-state index contributed by atoms with van der Waals surface area (Å²) >= 11 is 0. The lowest BCUT2D eigenvalue weighted by atomic mass is 9.87. The van der Waals surface area contributed by atoms with Gasteiger partial charge in [-0.25, -0.2) is 0 Å². The van der Waals surface area contributed by atoms with Gasteiger partial charge in [0.1, 0.15) is 12.6 Å². The van der Waals surface area contributed by atoms with Crippen LogP contribution in [0.5, 0.6) is 0 Å². The predicted octanol–water partition coefficient (Wildman–Crippen LogP) is 1.60. The van der Waals surface area contributed by atoms with Crippen molar-refractivity contribution in [3.63, 3.8) is 0 Å². The first kappa shape index (κ1) is 9.17. The molecule has 0 radical (unpaired) electrons. The van der Waals surface area contributed by atoms with Crippen molar-refractivity contribution in [2.75, 3.05) is 0 Å². The maximum absolute atomic E-state index is 10.7. The van der Waals surface area contributed by atoms with E-state index in [0.29, 0.717) is 11.5 Å². The number of aldehydes is 2. The second-order valence-electron chi connectivity index (χ2n) is 3.57. The zero-order chi connectivity index (χ0) is 9.14. The van der Waals surface area contributed by atoms with Gasteiger partial charge in [-0.2, -0.15) is 0 Å². The van der Waals surface area contributed by atoms with Gasteiger partial charge in [-0.3, -0.25) is 4.79 Å². The van der Waals surface area contributed by atoms with E-state index in [-0.39, 0.29) is 11.8 Å². The molecule has 2 heteroatoms. The maximum atomic E-state index is 10.7. The minimum atomic E-state index is 0.0164. The summed E-state index contributed by atoms with van der Waals surface area (Å²) in [5, 5.41) is 0. The fourth-order valence-corrected chi connectivity index (χ4v) is 1.97. The molecule has 1 fully saturated rings. The van der Waals surface area contributed by atoms with Crippen LogP contribution in [-0.2, 0) is 9.59 Å². The Hall–Kier alpha value is -0.920. The molecule has 0 aromatic heterocycles. The lowest BCUT2D eigenvalue weighted by Crippen LogP contribution is -2.16. The number of hydrogen-bond donors (Lipinski definition) is 0. The van der Waals surface area contributed by atoms with Crippen LogP contribution in [0.4, 0.5) is 0 Å². The Morgan fingerprint density at radius 2 is 2.08 bits per heavy atom. The molecule has 0 amide bonds. The molecule has 2 nitrogen and oxygen atoms in total. The molecule has 0 saturated heterocycles. The Labute approximate surface area is 72.7 Å². The molecule has 1 aliphatic carbocycles. The number of carbonyl (C=O) groups is 2. The van der Waals surface area contributed by atoms with Crippen molar-refractivity contribution >= 4 is 12.6 Å². The topological polar surface area (TPSA) is 34.1 Å². The molecule has 1 rings (SSSR count). The van der Waals surface area contributed by atoms with Crippen LogP contribution in [0.15, 0.2) is 12.2 Å². The molecule has 0 spiro atoms. The number of hydrogen-bond acceptors (Lipinski definition) is 2. The third kappa shape index (κ3) is 1.47. The zero-order valence-electron chi connectivity index (χ0n) is 7.32. The van der Waals surface area contributed by atoms with Gasteiger partial charge in [-0.15, -0.1) is 0 Å². The molecule has 66 valence electrons. The van der Waals surface area contributed by atoms with E-state index in [1.165, 1.54) is 0 Å². The first-order chi connectivity index (χ1) is 5.70. The van der Waals surface area contributed by atoms with Gasteiger partial charge in [0.2, 0.25) is 0 Å². The second-order valence-corrected chi connectivity index (χ2v) is 3.57. The van der Waals surface area contributed by atoms with E-state index < -0.39 is 0 Å². The van der Waals surface area contributed by atoms with E-state index in [4.69, 9.17) is 0 Å². The number of rotatable bonds is 3. The van der Waals surface area contributed by atoms with Crippen LogP contribution in [0.2, 0.25) is 0 Å². The summed E-state index contributed by atoms with van der Waals surface area (Å²) in [6.07, 6.45) is 3.71. The second kappa shape index (κ2) is 3.65. The molecule has 0 heterocycles. The number of allylic oxidation sites excluding steroid dienone is 1. The summed E-state index contributed by atoms with van der Waals surface area (Å²) in [5.74, 6) is 0.530. The smallest absolute Gasteiger partial charge is 0.145 e. The Morgan fingerprint density at radius 1 is 1.42 bits per heavy atom. The highest BCUT2D eigenvalue weighted by molar-refractivity contribution is 5.74. The average molecular weight is 166 g/mol. The molecule has 0 aromatic carbocycles.